The first-order chi connectivity index (χ1) is 11.2. The van der Waals surface area contributed by atoms with Crippen molar-refractivity contribution in [1.29, 1.82) is 0 Å². The first-order valence-corrected chi connectivity index (χ1v) is 7.78. The summed E-state index contributed by atoms with van der Waals surface area (Å²) in [5.74, 6) is -1.33. The van der Waals surface area contributed by atoms with E-state index in [4.69, 9.17) is 16.7 Å². The van der Waals surface area contributed by atoms with Crippen LogP contribution in [0.3, 0.4) is 0 Å². The Balaban J connectivity index is 2.70. The summed E-state index contributed by atoms with van der Waals surface area (Å²) in [6, 6.07) is 2.60. The lowest BCUT2D eigenvalue weighted by atomic mass is 10.1. The molecule has 1 rings (SSSR count). The van der Waals surface area contributed by atoms with Gasteiger partial charge in [0.05, 0.1) is 22.1 Å². The Morgan fingerprint density at radius 3 is 2.58 bits per heavy atom. The second-order valence-corrected chi connectivity index (χ2v) is 6.11. The Morgan fingerprint density at radius 2 is 2.04 bits per heavy atom. The van der Waals surface area contributed by atoms with Gasteiger partial charge in [0.15, 0.2) is 0 Å². The minimum absolute atomic E-state index is 0.0715. The van der Waals surface area contributed by atoms with Crippen LogP contribution in [-0.4, -0.2) is 34.5 Å². The lowest BCUT2D eigenvalue weighted by Crippen LogP contribution is -2.40. The zero-order valence-electron chi connectivity index (χ0n) is 13.4. The lowest BCUT2D eigenvalue weighted by molar-refractivity contribution is -0.384. The van der Waals surface area contributed by atoms with Crippen LogP contribution in [0.4, 0.5) is 11.4 Å². The number of nitrogens with one attached hydrogen (secondary N) is 2. The molecule has 1 unspecified atom stereocenters. The predicted octanol–water partition coefficient (Wildman–Crippen LogP) is 2.67. The standard InChI is InChI=1S/C15H20ClN3O5/c1-9(2)5-6-17-13(15(21)22)8-14(20)18-12-7-10(19(23)24)3-4-11(12)16/h3-4,7,9,13,17H,5-6,8H2,1-2H3,(H,18,20)(H,21,22). The number of carbonyl (C=O) groups is 2. The maximum absolute atomic E-state index is 12.0. The van der Waals surface area contributed by atoms with Gasteiger partial charge in [-0.3, -0.25) is 19.7 Å². The number of carboxylic acid groups (broad SMARTS) is 1. The van der Waals surface area contributed by atoms with Crippen molar-refractivity contribution < 1.29 is 19.6 Å². The van der Waals surface area contributed by atoms with E-state index in [9.17, 15) is 19.7 Å². The molecule has 1 atom stereocenters. The van der Waals surface area contributed by atoms with Crippen LogP contribution in [0.5, 0.6) is 0 Å². The van der Waals surface area contributed by atoms with E-state index >= 15 is 0 Å². The zero-order valence-corrected chi connectivity index (χ0v) is 14.2. The molecular weight excluding hydrogens is 338 g/mol. The molecule has 0 spiro atoms. The number of non-ortho nitro benzene ring substituents is 1. The summed E-state index contributed by atoms with van der Waals surface area (Å²) in [5.41, 5.74) is -0.151. The van der Waals surface area contributed by atoms with Gasteiger partial charge < -0.3 is 15.7 Å². The van der Waals surface area contributed by atoms with Gasteiger partial charge in [0.2, 0.25) is 5.91 Å². The monoisotopic (exact) mass is 357 g/mol. The molecule has 0 bridgehead atoms. The highest BCUT2D eigenvalue weighted by molar-refractivity contribution is 6.33. The summed E-state index contributed by atoms with van der Waals surface area (Å²) in [5, 5.41) is 25.3. The summed E-state index contributed by atoms with van der Waals surface area (Å²) in [4.78, 5) is 33.4. The molecule has 1 amide bonds. The fourth-order valence-corrected chi connectivity index (χ4v) is 2.07. The summed E-state index contributed by atoms with van der Waals surface area (Å²) >= 11 is 5.89. The molecule has 3 N–H and O–H groups in total. The van der Waals surface area contributed by atoms with E-state index in [1.807, 2.05) is 13.8 Å². The molecule has 9 heteroatoms. The predicted molar refractivity (Wildman–Crippen MR) is 90.2 cm³/mol. The largest absolute Gasteiger partial charge is 0.480 e. The van der Waals surface area contributed by atoms with Gasteiger partial charge in [0.25, 0.3) is 5.69 Å². The summed E-state index contributed by atoms with van der Waals surface area (Å²) in [6.07, 6.45) is 0.467. The van der Waals surface area contributed by atoms with Crippen molar-refractivity contribution in [3.63, 3.8) is 0 Å². The van der Waals surface area contributed by atoms with Gasteiger partial charge in [-0.15, -0.1) is 0 Å². The second-order valence-electron chi connectivity index (χ2n) is 5.70. The number of nitro groups is 1. The molecule has 0 aliphatic rings. The smallest absolute Gasteiger partial charge is 0.321 e. The highest BCUT2D eigenvalue weighted by atomic mass is 35.5. The number of nitro benzene ring substituents is 1. The molecule has 0 aliphatic carbocycles. The molecule has 0 radical (unpaired) electrons. The number of carboxylic acids is 1. The van der Waals surface area contributed by atoms with Crippen LogP contribution in [0, 0.1) is 16.0 Å². The third-order valence-electron chi connectivity index (χ3n) is 3.23. The van der Waals surface area contributed by atoms with Crippen LogP contribution >= 0.6 is 11.6 Å². The van der Waals surface area contributed by atoms with Gasteiger partial charge in [-0.25, -0.2) is 0 Å². The Hall–Kier alpha value is -2.19. The van der Waals surface area contributed by atoms with Gasteiger partial charge in [0, 0.05) is 12.1 Å². The number of amides is 1. The molecule has 0 aromatic heterocycles. The number of anilines is 1. The number of benzene rings is 1. The van der Waals surface area contributed by atoms with Gasteiger partial charge in [-0.2, -0.15) is 0 Å². The maximum Gasteiger partial charge on any atom is 0.321 e. The Morgan fingerprint density at radius 1 is 1.38 bits per heavy atom. The first kappa shape index (κ1) is 19.9. The summed E-state index contributed by atoms with van der Waals surface area (Å²) < 4.78 is 0. The number of carbonyl (C=O) groups excluding carboxylic acids is 1. The Bertz CT molecular complexity index is 621. The average Bonchev–Trinajstić information content (AvgIpc) is 2.47. The number of hydrogen-bond acceptors (Lipinski definition) is 5. The molecule has 24 heavy (non-hydrogen) atoms. The topological polar surface area (TPSA) is 122 Å². The van der Waals surface area contributed by atoms with Crippen LogP contribution in [0.25, 0.3) is 0 Å². The molecule has 0 saturated carbocycles. The van der Waals surface area contributed by atoms with E-state index in [1.165, 1.54) is 12.1 Å². The van der Waals surface area contributed by atoms with E-state index < -0.39 is 22.8 Å². The molecular formula is C15H20ClN3O5. The van der Waals surface area contributed by atoms with Crippen molar-refractivity contribution in [3.05, 3.63) is 33.3 Å². The van der Waals surface area contributed by atoms with E-state index in [-0.39, 0.29) is 22.8 Å². The normalized spacial score (nSPS) is 12.0. The van der Waals surface area contributed by atoms with E-state index in [0.717, 1.165) is 12.5 Å². The number of rotatable bonds is 9. The molecule has 8 nitrogen and oxygen atoms in total. The average molecular weight is 358 g/mol. The number of nitrogens with zero attached hydrogens (tertiary/aromatic N) is 1. The second kappa shape index (κ2) is 9.19. The molecule has 0 heterocycles. The number of aliphatic carboxylic acids is 1. The van der Waals surface area contributed by atoms with Crippen molar-refractivity contribution in [2.24, 2.45) is 5.92 Å². The molecule has 132 valence electrons. The lowest BCUT2D eigenvalue weighted by Gasteiger charge is -2.15. The minimum Gasteiger partial charge on any atom is -0.480 e. The highest BCUT2D eigenvalue weighted by Crippen LogP contribution is 2.26. The molecule has 1 aromatic rings. The summed E-state index contributed by atoms with van der Waals surface area (Å²) in [7, 11) is 0. The number of halogens is 1. The first-order valence-electron chi connectivity index (χ1n) is 7.40. The van der Waals surface area contributed by atoms with Crippen LogP contribution < -0.4 is 10.6 Å². The van der Waals surface area contributed by atoms with Gasteiger partial charge in [-0.05, 0) is 24.9 Å². The van der Waals surface area contributed by atoms with Crippen LogP contribution in [0.15, 0.2) is 18.2 Å². The summed E-state index contributed by atoms with van der Waals surface area (Å²) in [6.45, 7) is 4.49. The third-order valence-corrected chi connectivity index (χ3v) is 3.56. The van der Waals surface area contributed by atoms with Gasteiger partial charge >= 0.3 is 5.97 Å². The van der Waals surface area contributed by atoms with Crippen molar-refractivity contribution in [2.75, 3.05) is 11.9 Å². The highest BCUT2D eigenvalue weighted by Gasteiger charge is 2.21. The Labute approximate surface area is 144 Å². The molecule has 0 aliphatic heterocycles. The molecule has 1 aromatic carbocycles. The van der Waals surface area contributed by atoms with Crippen molar-refractivity contribution >= 4 is 34.9 Å². The fourth-order valence-electron chi connectivity index (χ4n) is 1.90. The molecule has 0 saturated heterocycles. The fraction of sp³-hybridized carbons (Fsp3) is 0.467. The van der Waals surface area contributed by atoms with Crippen LogP contribution in [0.2, 0.25) is 5.02 Å². The zero-order chi connectivity index (χ0) is 18.3. The van der Waals surface area contributed by atoms with E-state index in [2.05, 4.69) is 10.6 Å². The molecule has 0 fully saturated rings. The van der Waals surface area contributed by atoms with Crippen molar-refractivity contribution in [2.45, 2.75) is 32.7 Å². The number of hydrogen-bond donors (Lipinski definition) is 3. The van der Waals surface area contributed by atoms with E-state index in [0.29, 0.717) is 12.5 Å². The van der Waals surface area contributed by atoms with E-state index in [1.54, 1.807) is 0 Å². The Kier molecular flexibility index (Phi) is 7.60. The van der Waals surface area contributed by atoms with Crippen LogP contribution in [0.1, 0.15) is 26.7 Å². The quantitative estimate of drug-likeness (QED) is 0.461. The van der Waals surface area contributed by atoms with Crippen LogP contribution in [-0.2, 0) is 9.59 Å². The van der Waals surface area contributed by atoms with Crippen molar-refractivity contribution in [1.82, 2.24) is 5.32 Å². The van der Waals surface area contributed by atoms with Crippen molar-refractivity contribution in [3.8, 4) is 0 Å². The SMILES string of the molecule is CC(C)CCNC(CC(=O)Nc1cc([N+](=O)[O-])ccc1Cl)C(=O)O. The minimum atomic E-state index is -1.14. The maximum atomic E-state index is 12.0. The van der Waals surface area contributed by atoms with Gasteiger partial charge in [0.1, 0.15) is 6.04 Å². The van der Waals surface area contributed by atoms with Gasteiger partial charge in [-0.1, -0.05) is 25.4 Å². The third kappa shape index (κ3) is 6.51.